The lowest BCUT2D eigenvalue weighted by Gasteiger charge is -2.26. The molecule has 1 unspecified atom stereocenters. The fraction of sp³-hybridized carbons (Fsp3) is 0.409. The molecule has 0 aliphatic carbocycles. The van der Waals surface area contributed by atoms with E-state index in [4.69, 9.17) is 14.2 Å². The van der Waals surface area contributed by atoms with E-state index in [1.165, 1.54) is 0 Å². The van der Waals surface area contributed by atoms with Crippen LogP contribution in [0.25, 0.3) is 0 Å². The predicted molar refractivity (Wildman–Crippen MR) is 108 cm³/mol. The van der Waals surface area contributed by atoms with Gasteiger partial charge < -0.3 is 24.8 Å². The van der Waals surface area contributed by atoms with Crippen molar-refractivity contribution < 1.29 is 19.0 Å². The van der Waals surface area contributed by atoms with Crippen LogP contribution in [0.5, 0.6) is 11.5 Å². The molecular weight excluding hydrogens is 356 g/mol. The number of amides is 2. The topological polar surface area (TPSA) is 68.8 Å². The first-order chi connectivity index (χ1) is 13.4. The molecule has 2 aromatic carbocycles. The van der Waals surface area contributed by atoms with Crippen LogP contribution in [-0.4, -0.2) is 30.9 Å². The molecule has 0 radical (unpaired) electrons. The van der Waals surface area contributed by atoms with E-state index < -0.39 is 0 Å². The number of urea groups is 1. The zero-order chi connectivity index (χ0) is 20.0. The van der Waals surface area contributed by atoms with E-state index in [2.05, 4.69) is 10.6 Å². The summed E-state index contributed by atoms with van der Waals surface area (Å²) in [5.41, 5.74) is 1.93. The van der Waals surface area contributed by atoms with Gasteiger partial charge in [0.1, 0.15) is 6.61 Å². The highest BCUT2D eigenvalue weighted by Gasteiger charge is 2.20. The quantitative estimate of drug-likeness (QED) is 0.798. The van der Waals surface area contributed by atoms with Crippen molar-refractivity contribution in [2.75, 3.05) is 13.2 Å². The summed E-state index contributed by atoms with van der Waals surface area (Å²) in [4.78, 5) is 12.1. The molecule has 6 nitrogen and oxygen atoms in total. The Bertz CT molecular complexity index is 801. The maximum Gasteiger partial charge on any atom is 0.315 e. The fourth-order valence-corrected chi connectivity index (χ4v) is 2.74. The summed E-state index contributed by atoms with van der Waals surface area (Å²) in [5.74, 6) is 1.44. The Balaban J connectivity index is 1.41. The lowest BCUT2D eigenvalue weighted by atomic mass is 10.1. The van der Waals surface area contributed by atoms with E-state index in [1.807, 2.05) is 69.3 Å². The minimum Gasteiger partial charge on any atom is -0.486 e. The number of nitrogens with one attached hydrogen (secondary N) is 2. The number of rotatable bonds is 6. The molecular formula is C22H28N2O4. The third kappa shape index (κ3) is 6.16. The molecule has 28 heavy (non-hydrogen) atoms. The molecule has 0 saturated carbocycles. The number of carbonyl (C=O) groups is 1. The van der Waals surface area contributed by atoms with E-state index in [0.717, 1.165) is 16.9 Å². The Morgan fingerprint density at radius 1 is 1.07 bits per heavy atom. The third-order valence-electron chi connectivity index (χ3n) is 4.17. The molecule has 0 aromatic heterocycles. The maximum absolute atomic E-state index is 12.1. The van der Waals surface area contributed by atoms with Crippen LogP contribution in [-0.2, 0) is 17.9 Å². The molecule has 1 aliphatic heterocycles. The van der Waals surface area contributed by atoms with Crippen molar-refractivity contribution in [2.24, 2.45) is 0 Å². The summed E-state index contributed by atoms with van der Waals surface area (Å²) in [6, 6.07) is 15.3. The zero-order valence-corrected chi connectivity index (χ0v) is 16.7. The molecule has 0 saturated heterocycles. The van der Waals surface area contributed by atoms with Crippen LogP contribution in [0, 0.1) is 0 Å². The van der Waals surface area contributed by atoms with Crippen molar-refractivity contribution in [2.45, 2.75) is 45.6 Å². The van der Waals surface area contributed by atoms with Crippen molar-refractivity contribution in [3.05, 3.63) is 59.7 Å². The van der Waals surface area contributed by atoms with Gasteiger partial charge >= 0.3 is 6.03 Å². The zero-order valence-electron chi connectivity index (χ0n) is 16.7. The van der Waals surface area contributed by atoms with Gasteiger partial charge in [0.2, 0.25) is 0 Å². The first kappa shape index (κ1) is 20.0. The minimum absolute atomic E-state index is 0.181. The molecule has 150 valence electrons. The lowest BCUT2D eigenvalue weighted by molar-refractivity contribution is -0.0149. The largest absolute Gasteiger partial charge is 0.486 e. The van der Waals surface area contributed by atoms with Gasteiger partial charge in [-0.2, -0.15) is 0 Å². The normalized spacial score (nSPS) is 15.8. The number of ether oxygens (including phenoxy) is 3. The standard InChI is InChI=1S/C22H28N2O4/c1-22(2,3)27-14-17-8-6-7-16(11-17)12-23-21(25)24-13-18-15-26-19-9-4-5-10-20(19)28-18/h4-11,18H,12-15H2,1-3H3,(H2,23,24,25). The van der Waals surface area contributed by atoms with Crippen LogP contribution in [0.3, 0.4) is 0 Å². The van der Waals surface area contributed by atoms with Gasteiger partial charge in [-0.15, -0.1) is 0 Å². The van der Waals surface area contributed by atoms with Gasteiger partial charge in [-0.3, -0.25) is 0 Å². The molecule has 3 rings (SSSR count). The van der Waals surface area contributed by atoms with Crippen LogP contribution < -0.4 is 20.1 Å². The summed E-state index contributed by atoms with van der Waals surface area (Å²) in [6.45, 7) is 7.87. The van der Waals surface area contributed by atoms with Crippen molar-refractivity contribution in [3.8, 4) is 11.5 Å². The average Bonchev–Trinajstić information content (AvgIpc) is 2.69. The number of hydrogen-bond acceptors (Lipinski definition) is 4. The Morgan fingerprint density at radius 3 is 2.61 bits per heavy atom. The molecule has 0 spiro atoms. The third-order valence-corrected chi connectivity index (χ3v) is 4.17. The number of hydrogen-bond donors (Lipinski definition) is 2. The van der Waals surface area contributed by atoms with Gasteiger partial charge in [-0.1, -0.05) is 36.4 Å². The molecule has 1 aliphatic rings. The van der Waals surface area contributed by atoms with Gasteiger partial charge in [0.15, 0.2) is 17.6 Å². The molecule has 2 aromatic rings. The summed E-state index contributed by atoms with van der Waals surface area (Å²) >= 11 is 0. The van der Waals surface area contributed by atoms with Gasteiger partial charge in [-0.05, 0) is 44.0 Å². The number of benzene rings is 2. The first-order valence-corrected chi connectivity index (χ1v) is 9.51. The summed E-state index contributed by atoms with van der Waals surface area (Å²) < 4.78 is 17.3. The highest BCUT2D eigenvalue weighted by Crippen LogP contribution is 2.30. The summed E-state index contributed by atoms with van der Waals surface area (Å²) in [7, 11) is 0. The van der Waals surface area contributed by atoms with Crippen LogP contribution in [0.15, 0.2) is 48.5 Å². The highest BCUT2D eigenvalue weighted by molar-refractivity contribution is 5.73. The molecule has 1 heterocycles. The molecule has 6 heteroatoms. The summed E-state index contributed by atoms with van der Waals surface area (Å²) in [6.07, 6.45) is -0.210. The molecule has 0 fully saturated rings. The van der Waals surface area contributed by atoms with Crippen molar-refractivity contribution >= 4 is 6.03 Å². The van der Waals surface area contributed by atoms with Crippen molar-refractivity contribution in [1.29, 1.82) is 0 Å². The Hall–Kier alpha value is -2.73. The highest BCUT2D eigenvalue weighted by atomic mass is 16.6. The second kappa shape index (κ2) is 8.97. The second-order valence-corrected chi connectivity index (χ2v) is 7.78. The van der Waals surface area contributed by atoms with Crippen molar-refractivity contribution in [1.82, 2.24) is 10.6 Å². The van der Waals surface area contributed by atoms with Gasteiger partial charge in [0.05, 0.1) is 18.8 Å². The van der Waals surface area contributed by atoms with Crippen LogP contribution in [0.2, 0.25) is 0 Å². The maximum atomic E-state index is 12.1. The molecule has 2 N–H and O–H groups in total. The van der Waals surface area contributed by atoms with E-state index in [9.17, 15) is 4.79 Å². The smallest absolute Gasteiger partial charge is 0.315 e. The lowest BCUT2D eigenvalue weighted by Crippen LogP contribution is -2.44. The van der Waals surface area contributed by atoms with Gasteiger partial charge in [0, 0.05) is 6.54 Å². The molecule has 0 bridgehead atoms. The predicted octanol–water partition coefficient (Wildman–Crippen LogP) is 3.64. The average molecular weight is 384 g/mol. The number of para-hydroxylation sites is 2. The SMILES string of the molecule is CC(C)(C)OCc1cccc(CNC(=O)NCC2COc3ccccc3O2)c1. The Morgan fingerprint density at radius 2 is 1.82 bits per heavy atom. The first-order valence-electron chi connectivity index (χ1n) is 9.51. The van der Waals surface area contributed by atoms with Gasteiger partial charge in [-0.25, -0.2) is 4.79 Å². The van der Waals surface area contributed by atoms with Crippen molar-refractivity contribution in [3.63, 3.8) is 0 Å². The van der Waals surface area contributed by atoms with Gasteiger partial charge in [0.25, 0.3) is 0 Å². The fourth-order valence-electron chi connectivity index (χ4n) is 2.74. The second-order valence-electron chi connectivity index (χ2n) is 7.78. The van der Waals surface area contributed by atoms with E-state index in [-0.39, 0.29) is 17.7 Å². The minimum atomic E-state index is -0.237. The number of fused-ring (bicyclic) bond motifs is 1. The number of carbonyl (C=O) groups excluding carboxylic acids is 1. The van der Waals surface area contributed by atoms with Crippen LogP contribution in [0.4, 0.5) is 4.79 Å². The van der Waals surface area contributed by atoms with Crippen LogP contribution in [0.1, 0.15) is 31.9 Å². The summed E-state index contributed by atoms with van der Waals surface area (Å²) in [5, 5.41) is 5.70. The van der Waals surface area contributed by atoms with E-state index in [0.29, 0.717) is 32.1 Å². The van der Waals surface area contributed by atoms with E-state index in [1.54, 1.807) is 0 Å². The van der Waals surface area contributed by atoms with E-state index >= 15 is 0 Å². The Kier molecular flexibility index (Phi) is 6.41. The molecule has 2 amide bonds. The molecule has 1 atom stereocenters. The van der Waals surface area contributed by atoms with Crippen LogP contribution >= 0.6 is 0 Å². The Labute approximate surface area is 166 Å². The monoisotopic (exact) mass is 384 g/mol.